The molecule has 1 aliphatic heterocycles. The highest BCUT2D eigenvalue weighted by molar-refractivity contribution is 5.76. The predicted octanol–water partition coefficient (Wildman–Crippen LogP) is 1.19. The first kappa shape index (κ1) is 16.0. The van der Waals surface area contributed by atoms with Crippen molar-refractivity contribution in [2.45, 2.75) is 32.4 Å². The molecular weight excluding hydrogens is 294 g/mol. The van der Waals surface area contributed by atoms with Crippen molar-refractivity contribution in [1.82, 2.24) is 14.5 Å². The number of aromatic nitrogens is 2. The number of aromatic amines is 1. The maximum absolute atomic E-state index is 12.7. The lowest BCUT2D eigenvalue weighted by Gasteiger charge is -2.43. The molecule has 2 heterocycles. The van der Waals surface area contributed by atoms with Gasteiger partial charge in [-0.15, -0.1) is 0 Å². The topological polar surface area (TPSA) is 67.3 Å². The summed E-state index contributed by atoms with van der Waals surface area (Å²) >= 11 is 0. The van der Waals surface area contributed by atoms with Gasteiger partial charge in [0.2, 0.25) is 0 Å². The van der Waals surface area contributed by atoms with Crippen LogP contribution in [-0.2, 0) is 11.3 Å². The first-order valence-corrected chi connectivity index (χ1v) is 8.10. The fourth-order valence-corrected chi connectivity index (χ4v) is 3.22. The number of rotatable bonds is 4. The van der Waals surface area contributed by atoms with Gasteiger partial charge in [0.15, 0.2) is 0 Å². The molecule has 0 aliphatic carbocycles. The number of nitrogens with one attached hydrogen (secondary N) is 1. The van der Waals surface area contributed by atoms with Gasteiger partial charge in [0.1, 0.15) is 0 Å². The van der Waals surface area contributed by atoms with Gasteiger partial charge in [0.05, 0.1) is 24.1 Å². The number of H-pyrrole nitrogens is 1. The Morgan fingerprint density at radius 3 is 2.61 bits per heavy atom. The van der Waals surface area contributed by atoms with Crippen LogP contribution in [-0.4, -0.2) is 46.3 Å². The molecule has 6 nitrogen and oxygen atoms in total. The summed E-state index contributed by atoms with van der Waals surface area (Å²) < 4.78 is 6.75. The number of ether oxygens (including phenoxy) is 1. The number of hydrogen-bond acceptors (Lipinski definition) is 4. The van der Waals surface area contributed by atoms with Crippen molar-refractivity contribution < 1.29 is 4.74 Å². The molecule has 1 aromatic carbocycles. The van der Waals surface area contributed by atoms with Gasteiger partial charge in [-0.25, -0.2) is 4.79 Å². The van der Waals surface area contributed by atoms with Crippen LogP contribution >= 0.6 is 0 Å². The van der Waals surface area contributed by atoms with E-state index < -0.39 is 0 Å². The van der Waals surface area contributed by atoms with Gasteiger partial charge in [-0.3, -0.25) is 14.3 Å². The molecule has 1 fully saturated rings. The SMILES string of the molecule is CCC(C)(Cn1c(=O)[nH]c2ccccc2c1=O)N1CCOCC1. The zero-order valence-corrected chi connectivity index (χ0v) is 13.7. The minimum atomic E-state index is -0.346. The van der Waals surface area contributed by atoms with E-state index in [-0.39, 0.29) is 16.8 Å². The molecule has 1 unspecified atom stereocenters. The molecule has 0 saturated carbocycles. The second kappa shape index (κ2) is 6.29. The third kappa shape index (κ3) is 2.96. The molecular formula is C17H23N3O3. The van der Waals surface area contributed by atoms with E-state index in [1.807, 2.05) is 12.1 Å². The Bertz CT molecular complexity index is 805. The molecule has 2 aromatic rings. The number of hydrogen-bond donors (Lipinski definition) is 1. The predicted molar refractivity (Wildman–Crippen MR) is 89.9 cm³/mol. The highest BCUT2D eigenvalue weighted by Gasteiger charge is 2.32. The molecule has 1 aliphatic rings. The van der Waals surface area contributed by atoms with Gasteiger partial charge < -0.3 is 9.72 Å². The summed E-state index contributed by atoms with van der Waals surface area (Å²) in [6.07, 6.45) is 0.853. The van der Waals surface area contributed by atoms with Crippen LogP contribution < -0.4 is 11.2 Å². The lowest BCUT2D eigenvalue weighted by molar-refractivity contribution is -0.0247. The van der Waals surface area contributed by atoms with E-state index in [1.54, 1.807) is 12.1 Å². The highest BCUT2D eigenvalue weighted by atomic mass is 16.5. The van der Waals surface area contributed by atoms with Crippen LogP contribution in [0.15, 0.2) is 33.9 Å². The number of morpholine rings is 1. The second-order valence-electron chi connectivity index (χ2n) is 6.32. The Balaban J connectivity index is 2.02. The summed E-state index contributed by atoms with van der Waals surface area (Å²) in [6.45, 7) is 7.61. The van der Waals surface area contributed by atoms with Gasteiger partial charge >= 0.3 is 5.69 Å². The van der Waals surface area contributed by atoms with Gasteiger partial charge in [-0.1, -0.05) is 19.1 Å². The third-order valence-corrected chi connectivity index (χ3v) is 4.92. The molecule has 1 aromatic heterocycles. The number of nitrogens with zero attached hydrogens (tertiary/aromatic N) is 2. The molecule has 124 valence electrons. The third-order valence-electron chi connectivity index (χ3n) is 4.92. The summed E-state index contributed by atoms with van der Waals surface area (Å²) in [6, 6.07) is 7.13. The van der Waals surface area contributed by atoms with Crippen molar-refractivity contribution >= 4 is 10.9 Å². The fourth-order valence-electron chi connectivity index (χ4n) is 3.22. The minimum absolute atomic E-state index is 0.225. The number of para-hydroxylation sites is 1. The zero-order valence-electron chi connectivity index (χ0n) is 13.7. The molecule has 1 saturated heterocycles. The van der Waals surface area contributed by atoms with E-state index >= 15 is 0 Å². The van der Waals surface area contributed by atoms with Crippen LogP contribution in [0.2, 0.25) is 0 Å². The standard InChI is InChI=1S/C17H23N3O3/c1-3-17(2,19-8-10-23-11-9-19)12-20-15(21)13-6-4-5-7-14(13)18-16(20)22/h4-7H,3,8-12H2,1-2H3,(H,18,22). The molecule has 0 spiro atoms. The van der Waals surface area contributed by atoms with E-state index in [4.69, 9.17) is 4.74 Å². The Hall–Kier alpha value is -1.92. The summed E-state index contributed by atoms with van der Waals surface area (Å²) in [7, 11) is 0. The van der Waals surface area contributed by atoms with E-state index in [9.17, 15) is 9.59 Å². The largest absolute Gasteiger partial charge is 0.379 e. The fraction of sp³-hybridized carbons (Fsp3) is 0.529. The molecule has 6 heteroatoms. The summed E-state index contributed by atoms with van der Waals surface area (Å²) in [5.41, 5.74) is -0.231. The van der Waals surface area contributed by atoms with E-state index in [0.29, 0.717) is 30.7 Å². The first-order valence-electron chi connectivity index (χ1n) is 8.10. The summed E-state index contributed by atoms with van der Waals surface area (Å²) in [4.78, 5) is 30.3. The quantitative estimate of drug-likeness (QED) is 0.920. The van der Waals surface area contributed by atoms with Gasteiger partial charge in [0.25, 0.3) is 5.56 Å². The summed E-state index contributed by atoms with van der Waals surface area (Å²) in [5.74, 6) is 0. The lowest BCUT2D eigenvalue weighted by atomic mass is 9.95. The highest BCUT2D eigenvalue weighted by Crippen LogP contribution is 2.22. The molecule has 3 rings (SSSR count). The van der Waals surface area contributed by atoms with E-state index in [0.717, 1.165) is 19.5 Å². The molecule has 1 atom stereocenters. The monoisotopic (exact) mass is 317 g/mol. The maximum Gasteiger partial charge on any atom is 0.328 e. The Morgan fingerprint density at radius 2 is 1.91 bits per heavy atom. The number of fused-ring (bicyclic) bond motifs is 1. The first-order chi connectivity index (χ1) is 11.0. The van der Waals surface area contributed by atoms with Crippen molar-refractivity contribution in [2.75, 3.05) is 26.3 Å². The van der Waals surface area contributed by atoms with Crippen LogP contribution in [0.4, 0.5) is 0 Å². The molecule has 1 N–H and O–H groups in total. The van der Waals surface area contributed by atoms with Gasteiger partial charge in [0, 0.05) is 25.2 Å². The van der Waals surface area contributed by atoms with E-state index in [1.165, 1.54) is 4.57 Å². The molecule has 0 amide bonds. The van der Waals surface area contributed by atoms with Crippen LogP contribution in [0.3, 0.4) is 0 Å². The molecule has 0 bridgehead atoms. The smallest absolute Gasteiger partial charge is 0.328 e. The van der Waals surface area contributed by atoms with E-state index in [2.05, 4.69) is 23.7 Å². The summed E-state index contributed by atoms with van der Waals surface area (Å²) in [5, 5.41) is 0.549. The average Bonchev–Trinajstić information content (AvgIpc) is 2.59. The van der Waals surface area contributed by atoms with Crippen LogP contribution in [0.25, 0.3) is 10.9 Å². The second-order valence-corrected chi connectivity index (χ2v) is 6.32. The maximum atomic E-state index is 12.7. The van der Waals surface area contributed by atoms with Crippen molar-refractivity contribution in [3.63, 3.8) is 0 Å². The van der Waals surface area contributed by atoms with Crippen molar-refractivity contribution in [2.24, 2.45) is 0 Å². The van der Waals surface area contributed by atoms with Crippen LogP contribution in [0, 0.1) is 0 Å². The van der Waals surface area contributed by atoms with Crippen molar-refractivity contribution in [3.8, 4) is 0 Å². The van der Waals surface area contributed by atoms with Gasteiger partial charge in [-0.2, -0.15) is 0 Å². The Morgan fingerprint density at radius 1 is 1.22 bits per heavy atom. The minimum Gasteiger partial charge on any atom is -0.379 e. The Kier molecular flexibility index (Phi) is 4.37. The molecule has 23 heavy (non-hydrogen) atoms. The average molecular weight is 317 g/mol. The zero-order chi connectivity index (χ0) is 16.4. The van der Waals surface area contributed by atoms with Crippen molar-refractivity contribution in [3.05, 3.63) is 45.1 Å². The van der Waals surface area contributed by atoms with Gasteiger partial charge in [-0.05, 0) is 25.5 Å². The lowest BCUT2D eigenvalue weighted by Crippen LogP contribution is -2.56. The number of benzene rings is 1. The Labute approximate surface area is 134 Å². The molecule has 0 radical (unpaired) electrons. The normalized spacial score (nSPS) is 18.9. The van der Waals surface area contributed by atoms with Crippen molar-refractivity contribution in [1.29, 1.82) is 0 Å². The van der Waals surface area contributed by atoms with Crippen LogP contribution in [0.5, 0.6) is 0 Å². The van der Waals surface area contributed by atoms with Crippen LogP contribution in [0.1, 0.15) is 20.3 Å².